The van der Waals surface area contributed by atoms with Crippen molar-refractivity contribution in [3.8, 4) is 0 Å². The molecule has 0 aliphatic carbocycles. The zero-order valence-electron chi connectivity index (χ0n) is 17.5. The van der Waals surface area contributed by atoms with Gasteiger partial charge in [-0.1, -0.05) is 52.3 Å². The van der Waals surface area contributed by atoms with Gasteiger partial charge in [-0.3, -0.25) is 14.5 Å². The molecule has 0 radical (unpaired) electrons. The van der Waals surface area contributed by atoms with Crippen LogP contribution in [0.2, 0.25) is 0 Å². The molecule has 0 saturated carbocycles. The van der Waals surface area contributed by atoms with Crippen LogP contribution in [0, 0.1) is 0 Å². The molecule has 0 aliphatic heterocycles. The molecule has 2 aromatic carbocycles. The van der Waals surface area contributed by atoms with Crippen LogP contribution in [-0.4, -0.2) is 29.8 Å². The van der Waals surface area contributed by atoms with E-state index >= 15 is 0 Å². The van der Waals surface area contributed by atoms with Gasteiger partial charge < -0.3 is 10.6 Å². The van der Waals surface area contributed by atoms with Crippen molar-refractivity contribution in [3.05, 3.63) is 69.7 Å². The van der Waals surface area contributed by atoms with Gasteiger partial charge in [0.2, 0.25) is 11.8 Å². The van der Waals surface area contributed by atoms with Crippen molar-refractivity contribution in [2.24, 2.45) is 0 Å². The quantitative estimate of drug-likeness (QED) is 0.591. The molecule has 29 heavy (non-hydrogen) atoms. The van der Waals surface area contributed by atoms with Crippen LogP contribution in [-0.2, 0) is 22.7 Å². The Kier molecular flexibility index (Phi) is 8.86. The lowest BCUT2D eigenvalue weighted by molar-refractivity contribution is -0.122. The van der Waals surface area contributed by atoms with E-state index < -0.39 is 0 Å². The first kappa shape index (κ1) is 23.1. The van der Waals surface area contributed by atoms with Crippen LogP contribution in [0.3, 0.4) is 0 Å². The number of carbonyl (C=O) groups excluding carboxylic acids is 2. The Labute approximate surface area is 182 Å². The fraction of sp³-hybridized carbons (Fsp3) is 0.391. The zero-order valence-corrected chi connectivity index (χ0v) is 19.1. The summed E-state index contributed by atoms with van der Waals surface area (Å²) in [6.45, 7) is 7.08. The maximum Gasteiger partial charge on any atom is 0.222 e. The number of carbonyl (C=O) groups is 2. The second-order valence-corrected chi connectivity index (χ2v) is 8.48. The largest absolute Gasteiger partial charge is 0.352 e. The second kappa shape index (κ2) is 11.1. The topological polar surface area (TPSA) is 61.4 Å². The van der Waals surface area contributed by atoms with Crippen molar-refractivity contribution in [3.63, 3.8) is 0 Å². The highest BCUT2D eigenvalue weighted by Crippen LogP contribution is 2.20. The molecule has 0 bridgehead atoms. The number of nitrogens with zero attached hydrogens (tertiary/aromatic N) is 1. The average Bonchev–Trinajstić information content (AvgIpc) is 2.67. The summed E-state index contributed by atoms with van der Waals surface area (Å²) in [6, 6.07) is 15.9. The summed E-state index contributed by atoms with van der Waals surface area (Å²) in [5.74, 6) is -0.258. The molecule has 2 N–H and O–H groups in total. The summed E-state index contributed by atoms with van der Waals surface area (Å²) in [6.07, 6.45) is 0.190. The van der Waals surface area contributed by atoms with Gasteiger partial charge in [-0.25, -0.2) is 0 Å². The molecule has 0 aromatic heterocycles. The van der Waals surface area contributed by atoms with Gasteiger partial charge in [-0.15, -0.1) is 0 Å². The molecule has 5 nitrogen and oxygen atoms in total. The van der Waals surface area contributed by atoms with Crippen LogP contribution in [0.5, 0.6) is 0 Å². The van der Waals surface area contributed by atoms with E-state index in [-0.39, 0.29) is 24.3 Å². The molecule has 0 saturated heterocycles. The van der Waals surface area contributed by atoms with Crippen molar-refractivity contribution in [1.82, 2.24) is 15.5 Å². The van der Waals surface area contributed by atoms with E-state index in [4.69, 9.17) is 0 Å². The highest BCUT2D eigenvalue weighted by Gasteiger charge is 2.17. The zero-order chi connectivity index (χ0) is 21.4. The van der Waals surface area contributed by atoms with Gasteiger partial charge in [0.1, 0.15) is 0 Å². The first-order valence-electron chi connectivity index (χ1n) is 9.82. The van der Waals surface area contributed by atoms with Crippen LogP contribution in [0.4, 0.5) is 0 Å². The number of rotatable bonds is 9. The fourth-order valence-electron chi connectivity index (χ4n) is 2.98. The fourth-order valence-corrected chi connectivity index (χ4v) is 3.24. The molecule has 2 amide bonds. The van der Waals surface area contributed by atoms with Gasteiger partial charge in [-0.05, 0) is 49.7 Å². The predicted molar refractivity (Wildman–Crippen MR) is 120 cm³/mol. The maximum absolute atomic E-state index is 12.6. The molecular weight excluding hydrogens is 430 g/mol. The normalized spacial score (nSPS) is 12.1. The van der Waals surface area contributed by atoms with Crippen molar-refractivity contribution >= 4 is 27.7 Å². The number of nitrogens with one attached hydrogen (secondary N) is 2. The lowest BCUT2D eigenvalue weighted by atomic mass is 10.0. The SMILES string of the molecule is CC(=O)NC(CC(=O)NCc1ccccc1CN(C)C(C)C)c1ccc(Br)cc1. The number of hydrogen-bond acceptors (Lipinski definition) is 3. The lowest BCUT2D eigenvalue weighted by Gasteiger charge is -2.23. The van der Waals surface area contributed by atoms with Crippen molar-refractivity contribution in [2.45, 2.75) is 52.4 Å². The molecule has 1 unspecified atom stereocenters. The number of benzene rings is 2. The summed E-state index contributed by atoms with van der Waals surface area (Å²) in [5.41, 5.74) is 3.21. The van der Waals surface area contributed by atoms with Crippen LogP contribution < -0.4 is 10.6 Å². The average molecular weight is 460 g/mol. The molecule has 1 atom stereocenters. The molecule has 0 aliphatic rings. The molecule has 0 spiro atoms. The minimum atomic E-state index is -0.358. The number of hydrogen-bond donors (Lipinski definition) is 2. The summed E-state index contributed by atoms with van der Waals surface area (Å²) in [5, 5.41) is 5.88. The van der Waals surface area contributed by atoms with E-state index in [1.165, 1.54) is 12.5 Å². The van der Waals surface area contributed by atoms with Gasteiger partial charge in [0.05, 0.1) is 12.5 Å². The van der Waals surface area contributed by atoms with E-state index in [9.17, 15) is 9.59 Å². The Balaban J connectivity index is 2.02. The minimum Gasteiger partial charge on any atom is -0.352 e. The van der Waals surface area contributed by atoms with Gasteiger partial charge in [0.25, 0.3) is 0 Å². The lowest BCUT2D eigenvalue weighted by Crippen LogP contribution is -2.32. The van der Waals surface area contributed by atoms with E-state index in [1.807, 2.05) is 42.5 Å². The second-order valence-electron chi connectivity index (χ2n) is 7.56. The summed E-state index contributed by atoms with van der Waals surface area (Å²) in [4.78, 5) is 26.5. The molecular formula is C23H30BrN3O2. The standard InChI is InChI=1S/C23H30BrN3O2/c1-16(2)27(4)15-20-8-6-5-7-19(20)14-25-23(29)13-22(26-17(3)28)18-9-11-21(24)12-10-18/h5-12,16,22H,13-15H2,1-4H3,(H,25,29)(H,26,28). The molecule has 2 aromatic rings. The Morgan fingerprint density at radius 3 is 2.24 bits per heavy atom. The Morgan fingerprint density at radius 1 is 1.03 bits per heavy atom. The minimum absolute atomic E-state index is 0.0984. The molecule has 156 valence electrons. The van der Waals surface area contributed by atoms with Crippen molar-refractivity contribution < 1.29 is 9.59 Å². The first-order valence-corrected chi connectivity index (χ1v) is 10.6. The van der Waals surface area contributed by atoms with Crippen LogP contribution in [0.25, 0.3) is 0 Å². The number of amides is 2. The summed E-state index contributed by atoms with van der Waals surface area (Å²) in [7, 11) is 2.09. The Hall–Kier alpha value is -2.18. The van der Waals surface area contributed by atoms with Crippen molar-refractivity contribution in [1.29, 1.82) is 0 Å². The van der Waals surface area contributed by atoms with Crippen LogP contribution in [0.15, 0.2) is 53.0 Å². The van der Waals surface area contributed by atoms with Crippen LogP contribution in [0.1, 0.15) is 49.9 Å². The highest BCUT2D eigenvalue weighted by molar-refractivity contribution is 9.10. The molecule has 6 heteroatoms. The Morgan fingerprint density at radius 2 is 1.66 bits per heavy atom. The molecule has 2 rings (SSSR count). The summed E-state index contributed by atoms with van der Waals surface area (Å²) < 4.78 is 0.954. The molecule has 0 fully saturated rings. The van der Waals surface area contributed by atoms with E-state index in [0.717, 1.165) is 22.1 Å². The smallest absolute Gasteiger partial charge is 0.222 e. The van der Waals surface area contributed by atoms with E-state index in [1.54, 1.807) is 0 Å². The third-order valence-electron chi connectivity index (χ3n) is 4.94. The Bertz CT molecular complexity index is 821. The number of halogens is 1. The molecule has 0 heterocycles. The monoisotopic (exact) mass is 459 g/mol. The van der Waals surface area contributed by atoms with Gasteiger partial charge in [-0.2, -0.15) is 0 Å². The predicted octanol–water partition coefficient (Wildman–Crippen LogP) is 4.17. The van der Waals surface area contributed by atoms with Crippen LogP contribution >= 0.6 is 15.9 Å². The third kappa shape index (κ3) is 7.63. The van der Waals surface area contributed by atoms with Gasteiger partial charge >= 0.3 is 0 Å². The van der Waals surface area contributed by atoms with E-state index in [0.29, 0.717) is 12.6 Å². The summed E-state index contributed by atoms with van der Waals surface area (Å²) >= 11 is 3.41. The first-order chi connectivity index (χ1) is 13.8. The third-order valence-corrected chi connectivity index (χ3v) is 5.46. The maximum atomic E-state index is 12.6. The van der Waals surface area contributed by atoms with Gasteiger partial charge in [0, 0.05) is 30.5 Å². The van der Waals surface area contributed by atoms with E-state index in [2.05, 4.69) is 58.4 Å². The van der Waals surface area contributed by atoms with Crippen molar-refractivity contribution in [2.75, 3.05) is 7.05 Å². The van der Waals surface area contributed by atoms with Gasteiger partial charge in [0.15, 0.2) is 0 Å². The highest BCUT2D eigenvalue weighted by atomic mass is 79.9.